The Kier molecular flexibility index (Phi) is 3.41. The maximum atomic E-state index is 8.77. The molecule has 0 amide bonds. The number of nitrogens with one attached hydrogen (secondary N) is 1. The first-order chi connectivity index (χ1) is 8.29. The van der Waals surface area contributed by atoms with Gasteiger partial charge in [-0.15, -0.1) is 0 Å². The van der Waals surface area contributed by atoms with E-state index in [2.05, 4.69) is 16.4 Å². The van der Waals surface area contributed by atoms with Crippen LogP contribution in [0.15, 0.2) is 36.9 Å². The predicted molar refractivity (Wildman–Crippen MR) is 66.6 cm³/mol. The number of hydrogen-bond donors (Lipinski definition) is 1. The molecule has 0 radical (unpaired) electrons. The zero-order chi connectivity index (χ0) is 12.1. The number of imidazole rings is 1. The molecule has 2 aromatic rings. The van der Waals surface area contributed by atoms with Crippen molar-refractivity contribution in [2.75, 3.05) is 11.9 Å². The van der Waals surface area contributed by atoms with Crippen molar-refractivity contribution in [2.45, 2.75) is 13.5 Å². The Bertz CT molecular complexity index is 523. The maximum absolute atomic E-state index is 8.77. The number of hydrogen-bond acceptors (Lipinski definition) is 3. The molecule has 0 aliphatic carbocycles. The van der Waals surface area contributed by atoms with Gasteiger partial charge in [0.1, 0.15) is 0 Å². The van der Waals surface area contributed by atoms with Gasteiger partial charge < -0.3 is 9.88 Å². The van der Waals surface area contributed by atoms with Crippen LogP contribution in [0.1, 0.15) is 11.1 Å². The van der Waals surface area contributed by atoms with Gasteiger partial charge in [-0.3, -0.25) is 0 Å². The van der Waals surface area contributed by atoms with E-state index in [-0.39, 0.29) is 0 Å². The second-order valence-electron chi connectivity index (χ2n) is 3.87. The largest absolute Gasteiger partial charge is 0.383 e. The second-order valence-corrected chi connectivity index (χ2v) is 3.87. The van der Waals surface area contributed by atoms with Gasteiger partial charge >= 0.3 is 0 Å². The first kappa shape index (κ1) is 11.2. The molecular formula is C13H14N4. The number of nitrogens with zero attached hydrogens (tertiary/aromatic N) is 3. The topological polar surface area (TPSA) is 53.6 Å². The van der Waals surface area contributed by atoms with Crippen molar-refractivity contribution >= 4 is 5.69 Å². The fraction of sp³-hybridized carbons (Fsp3) is 0.231. The Morgan fingerprint density at radius 3 is 3.00 bits per heavy atom. The third kappa shape index (κ3) is 2.85. The van der Waals surface area contributed by atoms with E-state index in [1.54, 1.807) is 12.5 Å². The third-order valence-electron chi connectivity index (χ3n) is 2.60. The molecule has 0 atom stereocenters. The van der Waals surface area contributed by atoms with Crippen LogP contribution in [0.25, 0.3) is 0 Å². The molecular weight excluding hydrogens is 212 g/mol. The predicted octanol–water partition coefficient (Wildman–Crippen LogP) is 2.18. The highest BCUT2D eigenvalue weighted by molar-refractivity contribution is 5.53. The molecule has 2 rings (SSSR count). The van der Waals surface area contributed by atoms with Crippen LogP contribution in [-0.4, -0.2) is 16.1 Å². The molecule has 0 aliphatic rings. The Morgan fingerprint density at radius 2 is 2.35 bits per heavy atom. The van der Waals surface area contributed by atoms with Crippen molar-refractivity contribution in [1.82, 2.24) is 9.55 Å². The van der Waals surface area contributed by atoms with Crippen LogP contribution in [0, 0.1) is 18.3 Å². The second kappa shape index (κ2) is 5.17. The Morgan fingerprint density at radius 1 is 1.47 bits per heavy atom. The molecule has 0 fully saturated rings. The quantitative estimate of drug-likeness (QED) is 0.869. The van der Waals surface area contributed by atoms with E-state index in [9.17, 15) is 0 Å². The lowest BCUT2D eigenvalue weighted by Crippen LogP contribution is -2.09. The Hall–Kier alpha value is -2.28. The fourth-order valence-electron chi connectivity index (χ4n) is 1.67. The van der Waals surface area contributed by atoms with E-state index in [1.807, 2.05) is 35.9 Å². The van der Waals surface area contributed by atoms with Gasteiger partial charge in [0, 0.05) is 31.2 Å². The summed E-state index contributed by atoms with van der Waals surface area (Å²) < 4.78 is 2.02. The van der Waals surface area contributed by atoms with Gasteiger partial charge in [0.15, 0.2) is 0 Å². The molecule has 0 spiro atoms. The maximum Gasteiger partial charge on any atom is 0.0991 e. The number of anilines is 1. The van der Waals surface area contributed by atoms with Crippen LogP contribution in [0.2, 0.25) is 0 Å². The minimum absolute atomic E-state index is 0.697. The molecule has 1 heterocycles. The molecule has 4 nitrogen and oxygen atoms in total. The highest BCUT2D eigenvalue weighted by Gasteiger charge is 1.99. The fourth-order valence-corrected chi connectivity index (χ4v) is 1.67. The minimum atomic E-state index is 0.697. The summed E-state index contributed by atoms with van der Waals surface area (Å²) in [6.45, 7) is 3.71. The molecule has 1 aromatic heterocycles. The zero-order valence-corrected chi connectivity index (χ0v) is 9.72. The summed E-state index contributed by atoms with van der Waals surface area (Å²) in [4.78, 5) is 3.99. The lowest BCUT2D eigenvalue weighted by molar-refractivity contribution is 0.726. The molecule has 1 aromatic carbocycles. The highest BCUT2D eigenvalue weighted by atomic mass is 15.0. The van der Waals surface area contributed by atoms with Crippen LogP contribution >= 0.6 is 0 Å². The van der Waals surface area contributed by atoms with E-state index in [0.717, 1.165) is 24.3 Å². The molecule has 0 aliphatic heterocycles. The monoisotopic (exact) mass is 226 g/mol. The first-order valence-electron chi connectivity index (χ1n) is 5.50. The van der Waals surface area contributed by atoms with Gasteiger partial charge in [0.05, 0.1) is 18.0 Å². The summed E-state index contributed by atoms with van der Waals surface area (Å²) in [5.41, 5.74) is 2.86. The zero-order valence-electron chi connectivity index (χ0n) is 9.72. The van der Waals surface area contributed by atoms with Crippen molar-refractivity contribution in [3.05, 3.63) is 48.0 Å². The average Bonchev–Trinajstić information content (AvgIpc) is 2.84. The SMILES string of the molecule is Cc1cc(C#N)ccc1NCCn1ccnc1. The van der Waals surface area contributed by atoms with Gasteiger partial charge in [-0.1, -0.05) is 0 Å². The van der Waals surface area contributed by atoms with Gasteiger partial charge in [-0.05, 0) is 30.7 Å². The van der Waals surface area contributed by atoms with Gasteiger partial charge in [0.2, 0.25) is 0 Å². The molecule has 0 unspecified atom stereocenters. The lowest BCUT2D eigenvalue weighted by atomic mass is 10.1. The van der Waals surface area contributed by atoms with Crippen LogP contribution in [0.4, 0.5) is 5.69 Å². The molecule has 0 saturated heterocycles. The summed E-state index contributed by atoms with van der Waals surface area (Å²) in [7, 11) is 0. The van der Waals surface area contributed by atoms with Crippen LogP contribution < -0.4 is 5.32 Å². The number of aromatic nitrogens is 2. The number of benzene rings is 1. The van der Waals surface area contributed by atoms with E-state index in [1.165, 1.54) is 0 Å². The van der Waals surface area contributed by atoms with Crippen molar-refractivity contribution in [3.63, 3.8) is 0 Å². The summed E-state index contributed by atoms with van der Waals surface area (Å²) in [5, 5.41) is 12.1. The molecule has 1 N–H and O–H groups in total. The standard InChI is InChI=1S/C13H14N4/c1-11-8-12(9-14)2-3-13(11)16-5-7-17-6-4-15-10-17/h2-4,6,8,10,16H,5,7H2,1H3. The summed E-state index contributed by atoms with van der Waals surface area (Å²) in [6.07, 6.45) is 5.51. The van der Waals surface area contributed by atoms with Crippen molar-refractivity contribution in [1.29, 1.82) is 5.26 Å². The average molecular weight is 226 g/mol. The van der Waals surface area contributed by atoms with Crippen molar-refractivity contribution < 1.29 is 0 Å². The van der Waals surface area contributed by atoms with Crippen LogP contribution in [0.3, 0.4) is 0 Å². The molecule has 4 heteroatoms. The first-order valence-corrected chi connectivity index (χ1v) is 5.50. The minimum Gasteiger partial charge on any atom is -0.383 e. The van der Waals surface area contributed by atoms with E-state index < -0.39 is 0 Å². The van der Waals surface area contributed by atoms with Gasteiger partial charge in [-0.2, -0.15) is 5.26 Å². The smallest absolute Gasteiger partial charge is 0.0991 e. The van der Waals surface area contributed by atoms with Gasteiger partial charge in [-0.25, -0.2) is 4.98 Å². The molecule has 86 valence electrons. The van der Waals surface area contributed by atoms with E-state index >= 15 is 0 Å². The number of aryl methyl sites for hydroxylation is 1. The summed E-state index contributed by atoms with van der Waals surface area (Å²) in [5.74, 6) is 0. The normalized spacial score (nSPS) is 9.88. The molecule has 17 heavy (non-hydrogen) atoms. The Labute approximate surface area is 101 Å². The van der Waals surface area contributed by atoms with Crippen LogP contribution in [0.5, 0.6) is 0 Å². The highest BCUT2D eigenvalue weighted by Crippen LogP contribution is 2.15. The van der Waals surface area contributed by atoms with Crippen LogP contribution in [-0.2, 0) is 6.54 Å². The van der Waals surface area contributed by atoms with E-state index in [0.29, 0.717) is 5.56 Å². The van der Waals surface area contributed by atoms with Crippen molar-refractivity contribution in [3.8, 4) is 6.07 Å². The van der Waals surface area contributed by atoms with Gasteiger partial charge in [0.25, 0.3) is 0 Å². The number of rotatable bonds is 4. The summed E-state index contributed by atoms with van der Waals surface area (Å²) in [6, 6.07) is 7.79. The number of nitriles is 1. The third-order valence-corrected chi connectivity index (χ3v) is 2.60. The summed E-state index contributed by atoms with van der Waals surface area (Å²) >= 11 is 0. The Balaban J connectivity index is 1.93. The lowest BCUT2D eigenvalue weighted by Gasteiger charge is -2.09. The molecule has 0 saturated carbocycles. The van der Waals surface area contributed by atoms with E-state index in [4.69, 9.17) is 5.26 Å². The molecule has 0 bridgehead atoms. The van der Waals surface area contributed by atoms with Crippen molar-refractivity contribution in [2.24, 2.45) is 0 Å².